The molecule has 0 saturated heterocycles. The maximum Gasteiger partial charge on any atom is 1.00 e. The summed E-state index contributed by atoms with van der Waals surface area (Å²) in [6.07, 6.45) is 0. The number of Topliss-reactive ketones (excluding diaryl/α,β-unsaturated/α-hetero) is 2. The molecule has 124 valence electrons. The van der Waals surface area contributed by atoms with Crippen molar-refractivity contribution in [3.63, 3.8) is 0 Å². The second kappa shape index (κ2) is 7.82. The Bertz CT molecular complexity index is 1010. The molecule has 0 atom stereocenters. The number of pyridine rings is 1. The van der Waals surface area contributed by atoms with Crippen LogP contribution in [-0.2, 0) is 0 Å². The van der Waals surface area contributed by atoms with Gasteiger partial charge in [-0.1, -0.05) is 0 Å². The zero-order chi connectivity index (χ0) is 17.8. The second-order valence-electron chi connectivity index (χ2n) is 4.82. The van der Waals surface area contributed by atoms with Crippen LogP contribution in [0.25, 0.3) is 11.3 Å². The van der Waals surface area contributed by atoms with Crippen molar-refractivity contribution in [2.75, 3.05) is 0 Å². The first-order chi connectivity index (χ1) is 11.2. The minimum absolute atomic E-state index is 0. The molecule has 0 fully saturated rings. The number of carboxylic acid groups (broad SMARTS) is 3. The fourth-order valence-electron chi connectivity index (χ4n) is 2.42. The molecule has 10 nitrogen and oxygen atoms in total. The summed E-state index contributed by atoms with van der Waals surface area (Å²) in [5.74, 6) is -6.87. The van der Waals surface area contributed by atoms with Crippen LogP contribution in [0, 0.1) is 0 Å². The number of nitrogens with one attached hydrogen (secondary N) is 1. The maximum absolute atomic E-state index is 12.1. The minimum Gasteiger partial charge on any atom is -1.00 e. The molecule has 2 aromatic rings. The summed E-state index contributed by atoms with van der Waals surface area (Å²) in [7, 11) is 0. The molecule has 0 spiro atoms. The summed E-state index contributed by atoms with van der Waals surface area (Å²) in [5, 5.41) is 27.3. The molecule has 0 saturated carbocycles. The van der Waals surface area contributed by atoms with E-state index < -0.39 is 52.1 Å². The van der Waals surface area contributed by atoms with Gasteiger partial charge < -0.3 is 23.2 Å². The molecule has 4 N–H and O–H groups in total. The van der Waals surface area contributed by atoms with E-state index >= 15 is 0 Å². The molecular formula is C14H8N2Na2O8. The van der Waals surface area contributed by atoms with Crippen LogP contribution in [0.5, 0.6) is 0 Å². The molecule has 2 aromatic heterocycles. The van der Waals surface area contributed by atoms with Crippen molar-refractivity contribution in [1.29, 1.82) is 0 Å². The Morgan fingerprint density at radius 1 is 0.923 bits per heavy atom. The van der Waals surface area contributed by atoms with Crippen molar-refractivity contribution in [1.82, 2.24) is 9.97 Å². The summed E-state index contributed by atoms with van der Waals surface area (Å²) >= 11 is 0. The number of rotatable bonds is 3. The SMILES string of the molecule is O=C(O)c1cc(C(=O)O)c2c(n1)C(=O)C(=O)c1cc(C(=O)O)[nH]c1-2.[H-].[H-].[Na+].[Na+]. The van der Waals surface area contributed by atoms with Crippen LogP contribution in [0.1, 0.15) is 55.0 Å². The van der Waals surface area contributed by atoms with Gasteiger partial charge in [0.2, 0.25) is 5.78 Å². The molecule has 12 heteroatoms. The third kappa shape index (κ3) is 3.39. The van der Waals surface area contributed by atoms with Gasteiger partial charge in [-0.15, -0.1) is 0 Å². The van der Waals surface area contributed by atoms with Gasteiger partial charge in [0.25, 0.3) is 5.78 Å². The number of carbonyl (C=O) groups is 5. The molecule has 1 aliphatic rings. The molecule has 3 rings (SSSR count). The Morgan fingerprint density at radius 3 is 2.04 bits per heavy atom. The van der Waals surface area contributed by atoms with Crippen molar-refractivity contribution in [3.8, 4) is 11.3 Å². The van der Waals surface area contributed by atoms with Crippen LogP contribution in [0.15, 0.2) is 12.1 Å². The van der Waals surface area contributed by atoms with E-state index in [2.05, 4.69) is 9.97 Å². The standard InChI is InChI=1S/C14H6N2O8.2Na.2H/c17-10-4-2-6(14(23)24)15-8(4)7-3(12(19)20)1-5(13(21)22)16-9(7)11(10)18;;;;/h1-2,15H,(H,19,20)(H,21,22)(H,23,24);;;;/q;2*+1;2*-1. The predicted molar refractivity (Wildman–Crippen MR) is 75.8 cm³/mol. The fraction of sp³-hybridized carbons (Fsp3) is 0. The third-order valence-corrected chi connectivity index (χ3v) is 3.43. The Morgan fingerprint density at radius 2 is 1.54 bits per heavy atom. The monoisotopic (exact) mass is 378 g/mol. The number of fused-ring (bicyclic) bond motifs is 3. The Balaban J connectivity index is 0. The van der Waals surface area contributed by atoms with Crippen LogP contribution < -0.4 is 59.1 Å². The molecule has 0 radical (unpaired) electrons. The number of hydrogen-bond acceptors (Lipinski definition) is 6. The van der Waals surface area contributed by atoms with Crippen LogP contribution in [0.3, 0.4) is 0 Å². The normalized spacial score (nSPS) is 11.5. The largest absolute Gasteiger partial charge is 1.00 e. The average molecular weight is 378 g/mol. The molecule has 0 unspecified atom stereocenters. The van der Waals surface area contributed by atoms with Gasteiger partial charge in [0.05, 0.1) is 16.8 Å². The molecule has 1 aliphatic carbocycles. The summed E-state index contributed by atoms with van der Waals surface area (Å²) in [6, 6.07) is 1.65. The zero-order valence-corrected chi connectivity index (χ0v) is 17.5. The Hall–Kier alpha value is -1.82. The maximum atomic E-state index is 12.1. The van der Waals surface area contributed by atoms with Gasteiger partial charge in [0, 0.05) is 5.56 Å². The van der Waals surface area contributed by atoms with Crippen molar-refractivity contribution < 1.29 is 101 Å². The van der Waals surface area contributed by atoms with Crippen LogP contribution in [-0.4, -0.2) is 54.8 Å². The molecule has 0 aliphatic heterocycles. The quantitative estimate of drug-likeness (QED) is 0.300. The van der Waals surface area contributed by atoms with Crippen LogP contribution >= 0.6 is 0 Å². The van der Waals surface area contributed by atoms with E-state index in [1.807, 2.05) is 0 Å². The van der Waals surface area contributed by atoms with Gasteiger partial charge >= 0.3 is 77.0 Å². The van der Waals surface area contributed by atoms with E-state index in [1.165, 1.54) is 0 Å². The number of aromatic carboxylic acids is 3. The smallest absolute Gasteiger partial charge is 1.00 e. The fourth-order valence-corrected chi connectivity index (χ4v) is 2.42. The van der Waals surface area contributed by atoms with E-state index in [4.69, 9.17) is 10.2 Å². The second-order valence-corrected chi connectivity index (χ2v) is 4.82. The number of hydrogen-bond donors (Lipinski definition) is 4. The van der Waals surface area contributed by atoms with Gasteiger partial charge in [-0.05, 0) is 12.1 Å². The number of nitrogens with zero attached hydrogens (tertiary/aromatic N) is 1. The van der Waals surface area contributed by atoms with E-state index in [0.717, 1.165) is 12.1 Å². The van der Waals surface area contributed by atoms with E-state index in [1.54, 1.807) is 0 Å². The van der Waals surface area contributed by atoms with Crippen molar-refractivity contribution in [2.45, 2.75) is 0 Å². The van der Waals surface area contributed by atoms with Crippen molar-refractivity contribution in [3.05, 3.63) is 40.3 Å². The number of aromatic nitrogens is 2. The van der Waals surface area contributed by atoms with Crippen LogP contribution in [0.2, 0.25) is 0 Å². The molecule has 0 aromatic carbocycles. The van der Waals surface area contributed by atoms with Crippen LogP contribution in [0.4, 0.5) is 0 Å². The number of carbonyl (C=O) groups excluding carboxylic acids is 2. The summed E-state index contributed by atoms with van der Waals surface area (Å²) in [4.78, 5) is 63.7. The molecule has 0 amide bonds. The topological polar surface area (TPSA) is 175 Å². The molecule has 0 bridgehead atoms. The van der Waals surface area contributed by atoms with Gasteiger partial charge in [-0.25, -0.2) is 19.4 Å². The summed E-state index contributed by atoms with van der Waals surface area (Å²) in [6.45, 7) is 0. The minimum atomic E-state index is -1.58. The molecular weight excluding hydrogens is 370 g/mol. The van der Waals surface area contributed by atoms with E-state index in [-0.39, 0.29) is 78.8 Å². The Labute approximate surface area is 191 Å². The van der Waals surface area contributed by atoms with Gasteiger partial charge in [0.1, 0.15) is 17.1 Å². The number of carboxylic acids is 3. The summed E-state index contributed by atoms with van der Waals surface area (Å²) < 4.78 is 0. The van der Waals surface area contributed by atoms with Gasteiger partial charge in [-0.3, -0.25) is 9.59 Å². The number of ketones is 2. The average Bonchev–Trinajstić information content (AvgIpc) is 2.96. The van der Waals surface area contributed by atoms with E-state index in [0.29, 0.717) is 0 Å². The first-order valence-electron chi connectivity index (χ1n) is 6.29. The first kappa shape index (κ1) is 22.2. The number of H-pyrrole nitrogens is 1. The van der Waals surface area contributed by atoms with Crippen molar-refractivity contribution >= 4 is 29.5 Å². The zero-order valence-electron chi connectivity index (χ0n) is 15.5. The van der Waals surface area contributed by atoms with Crippen molar-refractivity contribution in [2.24, 2.45) is 0 Å². The first-order valence-corrected chi connectivity index (χ1v) is 6.29. The molecule has 2 heterocycles. The van der Waals surface area contributed by atoms with Gasteiger partial charge in [-0.2, -0.15) is 0 Å². The predicted octanol–water partition coefficient (Wildman–Crippen LogP) is -5.22. The number of aromatic amines is 1. The van der Waals surface area contributed by atoms with E-state index in [9.17, 15) is 29.1 Å². The third-order valence-electron chi connectivity index (χ3n) is 3.43. The Kier molecular flexibility index (Phi) is 6.69. The van der Waals surface area contributed by atoms with Gasteiger partial charge in [0.15, 0.2) is 0 Å². The molecule has 26 heavy (non-hydrogen) atoms. The summed E-state index contributed by atoms with van der Waals surface area (Å²) in [5.41, 5.74) is -3.21.